The molecule has 0 aliphatic carbocycles. The molecule has 1 fully saturated rings. The molecule has 0 spiro atoms. The predicted molar refractivity (Wildman–Crippen MR) is 109 cm³/mol. The van der Waals surface area contributed by atoms with Crippen molar-refractivity contribution in [1.82, 2.24) is 9.88 Å². The summed E-state index contributed by atoms with van der Waals surface area (Å²) in [4.78, 5) is 29.7. The first-order valence-corrected chi connectivity index (χ1v) is 9.94. The summed E-state index contributed by atoms with van der Waals surface area (Å²) in [5, 5.41) is 0. The van der Waals surface area contributed by atoms with Gasteiger partial charge in [-0.2, -0.15) is 0 Å². The number of oxazole rings is 1. The fraction of sp³-hybridized carbons (Fsp3) is 0.261. The van der Waals surface area contributed by atoms with Crippen LogP contribution in [0.2, 0.25) is 0 Å². The Morgan fingerprint density at radius 2 is 1.94 bits per heavy atom. The lowest BCUT2D eigenvalue weighted by Gasteiger charge is -2.19. The second-order valence-electron chi connectivity index (χ2n) is 7.15. The smallest absolute Gasteiger partial charge is 0.418 e. The SMILES string of the molecule is CCCN1C(=O)OC(=O)C1c1ccc(OCc2nc(-c3ccccc3)oc2C)c(F)c1. The van der Waals surface area contributed by atoms with E-state index < -0.39 is 23.9 Å². The molecule has 0 saturated carbocycles. The van der Waals surface area contributed by atoms with E-state index in [1.165, 1.54) is 17.0 Å². The molecule has 1 unspecified atom stereocenters. The van der Waals surface area contributed by atoms with Gasteiger partial charge in [0.15, 0.2) is 17.6 Å². The van der Waals surface area contributed by atoms with Gasteiger partial charge >= 0.3 is 12.1 Å². The van der Waals surface area contributed by atoms with Gasteiger partial charge in [0.1, 0.15) is 18.1 Å². The highest BCUT2D eigenvalue weighted by Crippen LogP contribution is 2.32. The molecular formula is C23H21FN2O5. The largest absolute Gasteiger partial charge is 0.484 e. The maximum atomic E-state index is 14.7. The number of carbonyl (C=O) groups excluding carboxylic acids is 2. The summed E-state index contributed by atoms with van der Waals surface area (Å²) < 4.78 is 30.7. The minimum atomic E-state index is -0.956. The molecule has 1 aliphatic heterocycles. The summed E-state index contributed by atoms with van der Waals surface area (Å²) in [5.41, 5.74) is 1.72. The number of cyclic esters (lactones) is 2. The number of aryl methyl sites for hydroxylation is 1. The van der Waals surface area contributed by atoms with Gasteiger partial charge < -0.3 is 13.9 Å². The topological polar surface area (TPSA) is 81.9 Å². The van der Waals surface area contributed by atoms with E-state index in [1.807, 2.05) is 37.3 Å². The van der Waals surface area contributed by atoms with E-state index in [0.717, 1.165) is 5.56 Å². The molecule has 1 amide bonds. The quantitative estimate of drug-likeness (QED) is 0.400. The average Bonchev–Trinajstić information content (AvgIpc) is 3.27. The maximum absolute atomic E-state index is 14.7. The summed E-state index contributed by atoms with van der Waals surface area (Å²) in [7, 11) is 0. The lowest BCUT2D eigenvalue weighted by atomic mass is 10.1. The zero-order chi connectivity index (χ0) is 22.0. The van der Waals surface area contributed by atoms with Gasteiger partial charge in [0.2, 0.25) is 5.89 Å². The normalized spacial score (nSPS) is 16.0. The highest BCUT2D eigenvalue weighted by Gasteiger charge is 2.41. The number of rotatable bonds is 7. The van der Waals surface area contributed by atoms with Gasteiger partial charge in [-0.1, -0.05) is 31.2 Å². The Labute approximate surface area is 178 Å². The number of ether oxygens (including phenoxy) is 2. The first-order valence-electron chi connectivity index (χ1n) is 9.94. The van der Waals surface area contributed by atoms with Crippen molar-refractivity contribution >= 4 is 12.1 Å². The van der Waals surface area contributed by atoms with Crippen LogP contribution in [0.3, 0.4) is 0 Å². The van der Waals surface area contributed by atoms with Crippen LogP contribution in [-0.4, -0.2) is 28.5 Å². The molecule has 31 heavy (non-hydrogen) atoms. The molecule has 2 aromatic carbocycles. The van der Waals surface area contributed by atoms with Crippen LogP contribution in [0.25, 0.3) is 11.5 Å². The third-order valence-corrected chi connectivity index (χ3v) is 4.97. The number of benzene rings is 2. The van der Waals surface area contributed by atoms with Crippen LogP contribution in [0.1, 0.15) is 36.4 Å². The fourth-order valence-corrected chi connectivity index (χ4v) is 3.43. The Bertz CT molecular complexity index is 1110. The molecule has 3 aromatic rings. The van der Waals surface area contributed by atoms with Gasteiger partial charge in [0.25, 0.3) is 0 Å². The fourth-order valence-electron chi connectivity index (χ4n) is 3.43. The molecule has 1 atom stereocenters. The summed E-state index contributed by atoms with van der Waals surface area (Å²) in [6, 6.07) is 12.7. The predicted octanol–water partition coefficient (Wildman–Crippen LogP) is 4.80. The maximum Gasteiger partial charge on any atom is 0.418 e. The second kappa shape index (κ2) is 8.59. The number of nitrogens with zero attached hydrogens (tertiary/aromatic N) is 2. The number of hydrogen-bond donors (Lipinski definition) is 0. The van der Waals surface area contributed by atoms with E-state index >= 15 is 0 Å². The lowest BCUT2D eigenvalue weighted by Crippen LogP contribution is -2.29. The molecule has 1 saturated heterocycles. The van der Waals surface area contributed by atoms with Gasteiger partial charge in [-0.05, 0) is 43.2 Å². The van der Waals surface area contributed by atoms with E-state index in [-0.39, 0.29) is 12.4 Å². The van der Waals surface area contributed by atoms with Crippen LogP contribution < -0.4 is 4.74 Å². The second-order valence-corrected chi connectivity index (χ2v) is 7.15. The lowest BCUT2D eigenvalue weighted by molar-refractivity contribution is -0.136. The molecule has 1 aromatic heterocycles. The Morgan fingerprint density at radius 3 is 2.65 bits per heavy atom. The summed E-state index contributed by atoms with van der Waals surface area (Å²) in [6.07, 6.45) is -0.0711. The van der Waals surface area contributed by atoms with E-state index in [2.05, 4.69) is 4.98 Å². The van der Waals surface area contributed by atoms with Crippen LogP contribution in [0.4, 0.5) is 9.18 Å². The van der Waals surface area contributed by atoms with Crippen molar-refractivity contribution < 1.29 is 27.9 Å². The Balaban J connectivity index is 1.49. The molecule has 2 heterocycles. The van der Waals surface area contributed by atoms with Crippen molar-refractivity contribution in [2.24, 2.45) is 0 Å². The molecule has 160 valence electrons. The molecule has 0 bridgehead atoms. The van der Waals surface area contributed by atoms with Gasteiger partial charge in [-0.25, -0.2) is 19.0 Å². The zero-order valence-corrected chi connectivity index (χ0v) is 17.1. The molecule has 0 radical (unpaired) electrons. The summed E-state index contributed by atoms with van der Waals surface area (Å²) in [6.45, 7) is 4.00. The Morgan fingerprint density at radius 1 is 1.16 bits per heavy atom. The number of hydrogen-bond acceptors (Lipinski definition) is 6. The van der Waals surface area contributed by atoms with Crippen molar-refractivity contribution in [3.63, 3.8) is 0 Å². The number of carbonyl (C=O) groups is 2. The van der Waals surface area contributed by atoms with Gasteiger partial charge in [-0.15, -0.1) is 0 Å². The van der Waals surface area contributed by atoms with Crippen molar-refractivity contribution in [2.45, 2.75) is 32.9 Å². The standard InChI is InChI=1S/C23H21FN2O5/c1-3-11-26-20(22(27)31-23(26)28)16-9-10-19(17(24)12-16)29-13-18-14(2)30-21(25-18)15-7-5-4-6-8-15/h4-10,12,20H,3,11,13H2,1-2H3. The third-order valence-electron chi connectivity index (χ3n) is 4.97. The molecule has 7 nitrogen and oxygen atoms in total. The average molecular weight is 424 g/mol. The van der Waals surface area contributed by atoms with Crippen molar-refractivity contribution in [1.29, 1.82) is 0 Å². The van der Waals surface area contributed by atoms with E-state index in [4.69, 9.17) is 13.9 Å². The van der Waals surface area contributed by atoms with Crippen molar-refractivity contribution in [3.05, 3.63) is 71.4 Å². The molecular weight excluding hydrogens is 403 g/mol. The highest BCUT2D eigenvalue weighted by molar-refractivity contribution is 5.96. The minimum absolute atomic E-state index is 0.00661. The molecule has 0 N–H and O–H groups in total. The monoisotopic (exact) mass is 424 g/mol. The summed E-state index contributed by atoms with van der Waals surface area (Å²) in [5.74, 6) is -0.304. The van der Waals surface area contributed by atoms with Gasteiger partial charge in [-0.3, -0.25) is 4.90 Å². The minimum Gasteiger partial charge on any atom is -0.484 e. The van der Waals surface area contributed by atoms with Gasteiger partial charge in [0, 0.05) is 12.1 Å². The molecule has 1 aliphatic rings. The van der Waals surface area contributed by atoms with Crippen LogP contribution >= 0.6 is 0 Å². The number of aromatic nitrogens is 1. The number of esters is 1. The van der Waals surface area contributed by atoms with Crippen LogP contribution in [0.5, 0.6) is 5.75 Å². The van der Waals surface area contributed by atoms with Crippen LogP contribution in [0.15, 0.2) is 52.9 Å². The van der Waals surface area contributed by atoms with E-state index in [9.17, 15) is 14.0 Å². The van der Waals surface area contributed by atoms with Crippen molar-refractivity contribution in [3.8, 4) is 17.2 Å². The van der Waals surface area contributed by atoms with Crippen LogP contribution in [-0.2, 0) is 16.1 Å². The molecule has 8 heteroatoms. The first-order chi connectivity index (χ1) is 15.0. The number of halogens is 1. The van der Waals surface area contributed by atoms with Crippen LogP contribution in [0, 0.1) is 12.7 Å². The highest BCUT2D eigenvalue weighted by atomic mass is 19.1. The Hall–Kier alpha value is -3.68. The number of amides is 1. The van der Waals surface area contributed by atoms with E-state index in [1.54, 1.807) is 13.0 Å². The van der Waals surface area contributed by atoms with Crippen molar-refractivity contribution in [2.75, 3.05) is 6.54 Å². The van der Waals surface area contributed by atoms with E-state index in [0.29, 0.717) is 35.9 Å². The third kappa shape index (κ3) is 4.14. The first kappa shape index (κ1) is 20.6. The molecule has 4 rings (SSSR count). The zero-order valence-electron chi connectivity index (χ0n) is 17.1. The summed E-state index contributed by atoms with van der Waals surface area (Å²) >= 11 is 0. The Kier molecular flexibility index (Phi) is 5.70. The van der Waals surface area contributed by atoms with Gasteiger partial charge in [0.05, 0.1) is 0 Å².